The van der Waals surface area contributed by atoms with Crippen molar-refractivity contribution >= 4 is 29.6 Å². The van der Waals surface area contributed by atoms with Gasteiger partial charge in [-0.25, -0.2) is 4.79 Å². The highest BCUT2D eigenvalue weighted by atomic mass is 32.2. The number of amides is 1. The first-order chi connectivity index (χ1) is 9.88. The summed E-state index contributed by atoms with van der Waals surface area (Å²) in [7, 11) is 0. The van der Waals surface area contributed by atoms with E-state index in [0.717, 1.165) is 0 Å². The van der Waals surface area contributed by atoms with Gasteiger partial charge in [0, 0.05) is 19.1 Å². The highest BCUT2D eigenvalue weighted by Gasteiger charge is 2.43. The molecule has 0 N–H and O–H groups in total. The molecule has 2 aliphatic rings. The number of carbonyl (C=O) groups excluding carboxylic acids is 3. The van der Waals surface area contributed by atoms with Crippen LogP contribution in [-0.4, -0.2) is 40.2 Å². The van der Waals surface area contributed by atoms with Crippen LogP contribution in [0.25, 0.3) is 0 Å². The second-order valence-corrected chi connectivity index (χ2v) is 6.62. The summed E-state index contributed by atoms with van der Waals surface area (Å²) in [5.41, 5.74) is 0.252. The highest BCUT2D eigenvalue weighted by Crippen LogP contribution is 2.37. The first kappa shape index (κ1) is 15.9. The maximum Gasteiger partial charge on any atom is 0.357 e. The molecule has 1 amide bonds. The van der Waals surface area contributed by atoms with Gasteiger partial charge in [0.1, 0.15) is 5.70 Å². The fraction of sp³-hybridized carbons (Fsp3) is 0.643. The van der Waals surface area contributed by atoms with Crippen LogP contribution >= 0.6 is 11.8 Å². The summed E-state index contributed by atoms with van der Waals surface area (Å²) in [6.07, 6.45) is 1.43. The molecule has 2 rings (SSSR count). The number of fused-ring (bicyclic) bond motifs is 1. The number of carbonyl (C=O) groups is 3. The molecule has 2 unspecified atom stereocenters. The molecule has 0 aromatic carbocycles. The van der Waals surface area contributed by atoms with Crippen LogP contribution in [0.3, 0.4) is 0 Å². The van der Waals surface area contributed by atoms with Crippen molar-refractivity contribution in [1.82, 2.24) is 4.90 Å². The Kier molecular flexibility index (Phi) is 4.92. The number of nitrogens with zero attached hydrogens (tertiary/aromatic N) is 1. The van der Waals surface area contributed by atoms with E-state index >= 15 is 0 Å². The van der Waals surface area contributed by atoms with Crippen LogP contribution < -0.4 is 0 Å². The third-order valence-corrected chi connectivity index (χ3v) is 4.21. The Morgan fingerprint density at radius 3 is 2.71 bits per heavy atom. The van der Waals surface area contributed by atoms with Crippen molar-refractivity contribution < 1.29 is 23.9 Å². The van der Waals surface area contributed by atoms with Crippen molar-refractivity contribution in [2.75, 3.05) is 5.75 Å². The van der Waals surface area contributed by atoms with Gasteiger partial charge in [-0.1, -0.05) is 13.8 Å². The minimum absolute atomic E-state index is 0.0313. The summed E-state index contributed by atoms with van der Waals surface area (Å²) < 4.78 is 10.1. The van der Waals surface area contributed by atoms with Gasteiger partial charge < -0.3 is 9.47 Å². The third kappa shape index (κ3) is 3.78. The lowest BCUT2D eigenvalue weighted by Crippen LogP contribution is -2.53. The quantitative estimate of drug-likeness (QED) is 0.436. The summed E-state index contributed by atoms with van der Waals surface area (Å²) >= 11 is 1.61. The largest absolute Gasteiger partial charge is 0.425 e. The van der Waals surface area contributed by atoms with E-state index in [-0.39, 0.29) is 29.3 Å². The average molecular weight is 313 g/mol. The van der Waals surface area contributed by atoms with Gasteiger partial charge in [0.05, 0.1) is 11.8 Å². The van der Waals surface area contributed by atoms with Gasteiger partial charge in [-0.3, -0.25) is 14.5 Å². The smallest absolute Gasteiger partial charge is 0.357 e. The zero-order valence-electron chi connectivity index (χ0n) is 12.3. The maximum atomic E-state index is 12.1. The number of rotatable bonds is 5. The normalized spacial score (nSPS) is 22.1. The standard InChI is InChI=1S/C14H19NO5S/c1-8(2)6-13(17)19-9(3)20-14(18)10-4-5-21-12-7-11(16)15(10)12/h4,8-9,12H,5-7H2,1-3H3. The first-order valence-corrected chi connectivity index (χ1v) is 7.97. The molecule has 2 aliphatic heterocycles. The van der Waals surface area contributed by atoms with Crippen molar-refractivity contribution in [3.63, 3.8) is 0 Å². The average Bonchev–Trinajstić information content (AvgIpc) is 2.35. The number of hydrogen-bond donors (Lipinski definition) is 0. The number of esters is 2. The van der Waals surface area contributed by atoms with E-state index in [4.69, 9.17) is 9.47 Å². The maximum absolute atomic E-state index is 12.1. The molecule has 6 nitrogen and oxygen atoms in total. The molecule has 0 spiro atoms. The highest BCUT2D eigenvalue weighted by molar-refractivity contribution is 8.00. The zero-order chi connectivity index (χ0) is 15.6. The van der Waals surface area contributed by atoms with Gasteiger partial charge in [-0.2, -0.15) is 0 Å². The van der Waals surface area contributed by atoms with Crippen LogP contribution in [0.1, 0.15) is 33.6 Å². The Hall–Kier alpha value is -1.50. The van der Waals surface area contributed by atoms with Crippen molar-refractivity contribution in [1.29, 1.82) is 0 Å². The zero-order valence-corrected chi connectivity index (χ0v) is 13.1. The SMILES string of the molecule is CC(C)CC(=O)OC(C)OC(=O)C1=CCSC2CC(=O)N12. The number of β-lactam (4-membered cyclic amide) rings is 1. The van der Waals surface area contributed by atoms with E-state index < -0.39 is 18.2 Å². The van der Waals surface area contributed by atoms with E-state index in [1.807, 2.05) is 13.8 Å². The predicted octanol–water partition coefficient (Wildman–Crippen LogP) is 1.65. The molecule has 21 heavy (non-hydrogen) atoms. The van der Waals surface area contributed by atoms with Gasteiger partial charge in [0.25, 0.3) is 0 Å². The van der Waals surface area contributed by atoms with Crippen LogP contribution in [0.4, 0.5) is 0 Å². The molecule has 2 atom stereocenters. The lowest BCUT2D eigenvalue weighted by atomic mass is 10.1. The molecule has 0 aromatic rings. The molecular formula is C14H19NO5S. The van der Waals surface area contributed by atoms with Gasteiger partial charge in [-0.05, 0) is 12.0 Å². The minimum Gasteiger partial charge on any atom is -0.425 e. The number of hydrogen-bond acceptors (Lipinski definition) is 6. The van der Waals surface area contributed by atoms with Crippen molar-refractivity contribution in [2.24, 2.45) is 5.92 Å². The van der Waals surface area contributed by atoms with Gasteiger partial charge >= 0.3 is 11.9 Å². The Balaban J connectivity index is 1.87. The predicted molar refractivity (Wildman–Crippen MR) is 76.9 cm³/mol. The summed E-state index contributed by atoms with van der Waals surface area (Å²) in [5, 5.41) is 0.0313. The van der Waals surface area contributed by atoms with Crippen LogP contribution in [0, 0.1) is 5.92 Å². The molecule has 0 radical (unpaired) electrons. The third-order valence-electron chi connectivity index (χ3n) is 3.09. The van der Waals surface area contributed by atoms with Crippen molar-refractivity contribution in [3.05, 3.63) is 11.8 Å². The molecule has 0 aliphatic carbocycles. The summed E-state index contributed by atoms with van der Waals surface area (Å²) in [6, 6.07) is 0. The molecule has 1 fully saturated rings. The van der Waals surface area contributed by atoms with Gasteiger partial charge in [0.15, 0.2) is 0 Å². The molecule has 2 heterocycles. The van der Waals surface area contributed by atoms with Gasteiger partial charge in [0.2, 0.25) is 12.2 Å². The van der Waals surface area contributed by atoms with E-state index in [9.17, 15) is 14.4 Å². The fourth-order valence-electron chi connectivity index (χ4n) is 2.13. The van der Waals surface area contributed by atoms with Crippen LogP contribution in [0.2, 0.25) is 0 Å². The second-order valence-electron chi connectivity index (χ2n) is 5.41. The van der Waals surface area contributed by atoms with Crippen molar-refractivity contribution in [3.8, 4) is 0 Å². The summed E-state index contributed by atoms with van der Waals surface area (Å²) in [5.74, 6) is -0.271. The van der Waals surface area contributed by atoms with Crippen LogP contribution in [0.5, 0.6) is 0 Å². The molecule has 1 saturated heterocycles. The first-order valence-electron chi connectivity index (χ1n) is 6.92. The minimum atomic E-state index is -0.964. The molecule has 7 heteroatoms. The van der Waals surface area contributed by atoms with E-state index in [0.29, 0.717) is 12.2 Å². The van der Waals surface area contributed by atoms with E-state index in [1.54, 1.807) is 17.8 Å². The second kappa shape index (κ2) is 6.51. The Labute approximate surface area is 127 Å². The summed E-state index contributed by atoms with van der Waals surface area (Å²) in [6.45, 7) is 5.29. The molecule has 0 bridgehead atoms. The Morgan fingerprint density at radius 2 is 2.10 bits per heavy atom. The lowest BCUT2D eigenvalue weighted by molar-refractivity contribution is -0.184. The van der Waals surface area contributed by atoms with E-state index in [2.05, 4.69) is 0 Å². The van der Waals surface area contributed by atoms with E-state index in [1.165, 1.54) is 11.8 Å². The topological polar surface area (TPSA) is 72.9 Å². The molecule has 116 valence electrons. The van der Waals surface area contributed by atoms with Crippen LogP contribution in [0.15, 0.2) is 11.8 Å². The Morgan fingerprint density at radius 1 is 1.38 bits per heavy atom. The van der Waals surface area contributed by atoms with Gasteiger partial charge in [-0.15, -0.1) is 11.8 Å². The number of thioether (sulfide) groups is 1. The lowest BCUT2D eigenvalue weighted by Gasteiger charge is -2.42. The molecule has 0 aromatic heterocycles. The van der Waals surface area contributed by atoms with Crippen molar-refractivity contribution in [2.45, 2.75) is 45.3 Å². The Bertz CT molecular complexity index is 488. The summed E-state index contributed by atoms with van der Waals surface area (Å²) in [4.78, 5) is 36.6. The fourth-order valence-corrected chi connectivity index (χ4v) is 3.25. The monoisotopic (exact) mass is 313 g/mol. The van der Waals surface area contributed by atoms with Crippen LogP contribution in [-0.2, 0) is 23.9 Å². The number of ether oxygens (including phenoxy) is 2. The molecule has 0 saturated carbocycles. The molecular weight excluding hydrogens is 294 g/mol.